The number of thiazole rings is 1. The van der Waals surface area contributed by atoms with E-state index in [1.165, 1.54) is 11.3 Å². The lowest BCUT2D eigenvalue weighted by Crippen LogP contribution is -2.52. The van der Waals surface area contributed by atoms with Gasteiger partial charge in [-0.1, -0.05) is 25.2 Å². The van der Waals surface area contributed by atoms with Gasteiger partial charge in [0.25, 0.3) is 5.91 Å². The number of hydrogen-bond acceptors (Lipinski definition) is 8. The van der Waals surface area contributed by atoms with Crippen LogP contribution in [0.4, 0.5) is 5.13 Å². The number of nitrogens with one attached hydrogen (secondary N) is 1. The van der Waals surface area contributed by atoms with Crippen LogP contribution < -0.4 is 15.8 Å². The Morgan fingerprint density at radius 2 is 2.06 bits per heavy atom. The molecule has 8 nitrogen and oxygen atoms in total. The fourth-order valence-electron chi connectivity index (χ4n) is 5.70. The summed E-state index contributed by atoms with van der Waals surface area (Å²) in [5.74, 6) is 0.974. The molecule has 2 fully saturated rings. The molecular formula is C26H34N4O4S. The Labute approximate surface area is 210 Å². The molecule has 1 spiro atoms. The third-order valence-corrected chi connectivity index (χ3v) is 8.55. The second-order valence-corrected chi connectivity index (χ2v) is 11.9. The van der Waals surface area contributed by atoms with Gasteiger partial charge in [0.05, 0.1) is 29.5 Å². The van der Waals surface area contributed by atoms with Crippen LogP contribution in [0.1, 0.15) is 82.9 Å². The van der Waals surface area contributed by atoms with Crippen LogP contribution in [0, 0.1) is 24.2 Å². The number of ketones is 1. The number of pyridine rings is 1. The van der Waals surface area contributed by atoms with Gasteiger partial charge in [0, 0.05) is 24.9 Å². The maximum atomic E-state index is 12.9. The monoisotopic (exact) mass is 498 g/mol. The van der Waals surface area contributed by atoms with Crippen molar-refractivity contribution in [3.63, 3.8) is 0 Å². The van der Waals surface area contributed by atoms with E-state index in [2.05, 4.69) is 29.1 Å². The SMILES string of the molecule is Cc1nc(NCC(C)C)sc1C(=O)CC1CC2(C1)CC(Oc1nc3c(cc1C(N)=O)COCC3)C2. The summed E-state index contributed by atoms with van der Waals surface area (Å²) in [6.07, 6.45) is 5.29. The molecule has 3 aliphatic rings. The second kappa shape index (κ2) is 9.50. The van der Waals surface area contributed by atoms with E-state index >= 15 is 0 Å². The smallest absolute Gasteiger partial charge is 0.254 e. The first kappa shape index (κ1) is 24.2. The lowest BCUT2D eigenvalue weighted by Gasteiger charge is -2.57. The van der Waals surface area contributed by atoms with E-state index in [1.807, 2.05) is 6.92 Å². The van der Waals surface area contributed by atoms with Gasteiger partial charge in [-0.2, -0.15) is 0 Å². The Morgan fingerprint density at radius 3 is 2.77 bits per heavy atom. The summed E-state index contributed by atoms with van der Waals surface area (Å²) < 4.78 is 11.6. The number of hydrogen-bond donors (Lipinski definition) is 2. The van der Waals surface area contributed by atoms with Crippen molar-refractivity contribution in [2.75, 3.05) is 18.5 Å². The van der Waals surface area contributed by atoms with Crippen LogP contribution in [-0.2, 0) is 17.8 Å². The number of aryl methyl sites for hydroxylation is 1. The molecule has 188 valence electrons. The standard InChI is InChI=1S/C26H34N4O4S/c1-14(2)12-28-25-29-15(3)22(35-25)21(31)6-16-8-26(9-16)10-18(11-26)34-24-19(23(27)32)7-17-13-33-5-4-20(17)30-24/h7,14,16,18H,4-6,8-13H2,1-3H3,(H2,27,32)(H,28,29). The number of carbonyl (C=O) groups is 2. The highest BCUT2D eigenvalue weighted by atomic mass is 32.1. The zero-order valence-electron chi connectivity index (χ0n) is 20.7. The van der Waals surface area contributed by atoms with Crippen molar-refractivity contribution in [3.05, 3.63) is 33.5 Å². The largest absolute Gasteiger partial charge is 0.474 e. The Bertz CT molecular complexity index is 1130. The van der Waals surface area contributed by atoms with Crippen LogP contribution in [0.15, 0.2) is 6.07 Å². The highest BCUT2D eigenvalue weighted by Crippen LogP contribution is 2.60. The van der Waals surface area contributed by atoms with Crippen LogP contribution in [0.25, 0.3) is 0 Å². The highest BCUT2D eigenvalue weighted by Gasteiger charge is 2.54. The average Bonchev–Trinajstić information content (AvgIpc) is 3.14. The minimum Gasteiger partial charge on any atom is -0.474 e. The topological polar surface area (TPSA) is 116 Å². The molecule has 1 aliphatic heterocycles. The predicted molar refractivity (Wildman–Crippen MR) is 134 cm³/mol. The van der Waals surface area contributed by atoms with E-state index in [0.717, 1.165) is 59.2 Å². The zero-order chi connectivity index (χ0) is 24.7. The number of amides is 1. The number of ether oxygens (including phenoxy) is 2. The normalized spacial score (nSPS) is 25.0. The number of nitrogens with zero attached hydrogens (tertiary/aromatic N) is 2. The first-order valence-corrected chi connectivity index (χ1v) is 13.3. The molecule has 0 atom stereocenters. The van der Waals surface area contributed by atoms with Crippen LogP contribution in [0.2, 0.25) is 0 Å². The number of nitrogens with two attached hydrogens (primary N) is 1. The summed E-state index contributed by atoms with van der Waals surface area (Å²) in [5, 5.41) is 4.16. The van der Waals surface area contributed by atoms with Crippen molar-refractivity contribution in [1.82, 2.24) is 9.97 Å². The van der Waals surface area contributed by atoms with Crippen molar-refractivity contribution >= 4 is 28.2 Å². The van der Waals surface area contributed by atoms with Gasteiger partial charge >= 0.3 is 0 Å². The molecule has 3 N–H and O–H groups in total. The molecule has 0 unspecified atom stereocenters. The number of primary amides is 1. The number of anilines is 1. The van der Waals surface area contributed by atoms with Gasteiger partial charge in [0.1, 0.15) is 11.7 Å². The molecule has 5 rings (SSSR count). The summed E-state index contributed by atoms with van der Waals surface area (Å²) in [7, 11) is 0. The molecule has 0 radical (unpaired) electrons. The summed E-state index contributed by atoms with van der Waals surface area (Å²) in [5.41, 5.74) is 8.84. The molecule has 1 amide bonds. The van der Waals surface area contributed by atoms with Crippen molar-refractivity contribution in [2.45, 2.75) is 72.0 Å². The zero-order valence-corrected chi connectivity index (χ0v) is 21.5. The molecule has 35 heavy (non-hydrogen) atoms. The molecule has 0 bridgehead atoms. The molecule has 0 saturated heterocycles. The van der Waals surface area contributed by atoms with E-state index < -0.39 is 5.91 Å². The fraction of sp³-hybridized carbons (Fsp3) is 0.615. The number of Topliss-reactive ketones (excluding diaryl/α,β-unsaturated/α-hetero) is 1. The van der Waals surface area contributed by atoms with Crippen molar-refractivity contribution < 1.29 is 19.1 Å². The van der Waals surface area contributed by atoms with Gasteiger partial charge in [-0.3, -0.25) is 9.59 Å². The summed E-state index contributed by atoms with van der Waals surface area (Å²) in [4.78, 5) is 34.8. The lowest BCUT2D eigenvalue weighted by molar-refractivity contribution is -0.100. The van der Waals surface area contributed by atoms with Crippen LogP contribution in [0.5, 0.6) is 5.88 Å². The van der Waals surface area contributed by atoms with Crippen molar-refractivity contribution in [3.8, 4) is 5.88 Å². The third-order valence-electron chi connectivity index (χ3n) is 7.39. The molecule has 2 aromatic rings. The maximum absolute atomic E-state index is 12.9. The third kappa shape index (κ3) is 5.07. The maximum Gasteiger partial charge on any atom is 0.254 e. The summed E-state index contributed by atoms with van der Waals surface area (Å²) >= 11 is 1.48. The number of fused-ring (bicyclic) bond motifs is 1. The van der Waals surface area contributed by atoms with E-state index in [1.54, 1.807) is 6.07 Å². The van der Waals surface area contributed by atoms with Gasteiger partial charge in [-0.15, -0.1) is 0 Å². The van der Waals surface area contributed by atoms with Crippen molar-refractivity contribution in [2.24, 2.45) is 23.0 Å². The van der Waals surface area contributed by atoms with E-state index in [9.17, 15) is 9.59 Å². The first-order chi connectivity index (χ1) is 16.7. The molecule has 0 aromatic carbocycles. The Kier molecular flexibility index (Phi) is 6.57. The minimum absolute atomic E-state index is 0.0356. The molecule has 2 aromatic heterocycles. The molecule has 2 aliphatic carbocycles. The average molecular weight is 499 g/mol. The van der Waals surface area contributed by atoms with Gasteiger partial charge in [0.2, 0.25) is 5.88 Å². The highest BCUT2D eigenvalue weighted by molar-refractivity contribution is 7.17. The van der Waals surface area contributed by atoms with Crippen LogP contribution in [0.3, 0.4) is 0 Å². The second-order valence-electron chi connectivity index (χ2n) is 10.9. The number of carbonyl (C=O) groups excluding carboxylic acids is 2. The van der Waals surface area contributed by atoms with E-state index in [-0.39, 0.29) is 17.3 Å². The number of aromatic nitrogens is 2. The Morgan fingerprint density at radius 1 is 1.29 bits per heavy atom. The van der Waals surface area contributed by atoms with Crippen LogP contribution in [-0.4, -0.2) is 40.9 Å². The summed E-state index contributed by atoms with van der Waals surface area (Å²) in [6.45, 7) is 8.15. The van der Waals surface area contributed by atoms with Gasteiger partial charge in [0.15, 0.2) is 10.9 Å². The predicted octanol–water partition coefficient (Wildman–Crippen LogP) is 4.30. The Hall–Kier alpha value is -2.52. The Balaban J connectivity index is 1.13. The minimum atomic E-state index is -0.530. The molecular weight excluding hydrogens is 464 g/mol. The van der Waals surface area contributed by atoms with Gasteiger partial charge < -0.3 is 20.5 Å². The molecule has 3 heterocycles. The first-order valence-electron chi connectivity index (χ1n) is 12.5. The van der Waals surface area contributed by atoms with Crippen molar-refractivity contribution in [1.29, 1.82) is 0 Å². The fourth-order valence-corrected chi connectivity index (χ4v) is 6.62. The van der Waals surface area contributed by atoms with Crippen LogP contribution >= 0.6 is 11.3 Å². The van der Waals surface area contributed by atoms with E-state index in [4.69, 9.17) is 15.2 Å². The lowest BCUT2D eigenvalue weighted by atomic mass is 9.50. The van der Waals surface area contributed by atoms with Gasteiger partial charge in [-0.05, 0) is 55.9 Å². The van der Waals surface area contributed by atoms with Gasteiger partial charge in [-0.25, -0.2) is 9.97 Å². The summed E-state index contributed by atoms with van der Waals surface area (Å²) in [6, 6.07) is 1.77. The number of rotatable bonds is 9. The quantitative estimate of drug-likeness (QED) is 0.495. The molecule has 2 saturated carbocycles. The molecule has 9 heteroatoms. The van der Waals surface area contributed by atoms with E-state index in [0.29, 0.717) is 49.3 Å².